The summed E-state index contributed by atoms with van der Waals surface area (Å²) in [6.45, 7) is 5.97. The summed E-state index contributed by atoms with van der Waals surface area (Å²) < 4.78 is 15.9. The molecule has 9 nitrogen and oxygen atoms in total. The molecule has 11 heteroatoms. The van der Waals surface area contributed by atoms with Crippen molar-refractivity contribution in [3.63, 3.8) is 0 Å². The summed E-state index contributed by atoms with van der Waals surface area (Å²) in [6.07, 6.45) is 1.93. The standard InChI is InChI=1S/C21H32Cl2N6O3/c1-30-11-12-32-14-13-31-10-9-29-7-5-15(6-8-29)25-21-26-20(24)19(27-28-21)16-3-2-4-17(22)18(16)23/h2-4,15,19,27H,5-14H2,1H3,(H3,24,25,26,28). The second kappa shape index (κ2) is 13.3. The first kappa shape index (κ1) is 25.2. The van der Waals surface area contributed by atoms with Gasteiger partial charge in [-0.1, -0.05) is 35.3 Å². The number of ether oxygens (including phenoxy) is 3. The van der Waals surface area contributed by atoms with Gasteiger partial charge in [0, 0.05) is 26.7 Å². The van der Waals surface area contributed by atoms with Crippen LogP contribution in [-0.2, 0) is 14.2 Å². The van der Waals surface area contributed by atoms with E-state index in [1.54, 1.807) is 13.2 Å². The zero-order valence-corrected chi connectivity index (χ0v) is 19.9. The maximum absolute atomic E-state index is 6.31. The number of benzene rings is 1. The summed E-state index contributed by atoms with van der Waals surface area (Å²) in [7, 11) is 1.66. The lowest BCUT2D eigenvalue weighted by Crippen LogP contribution is -2.50. The molecule has 1 aromatic carbocycles. The van der Waals surface area contributed by atoms with Crippen molar-refractivity contribution in [1.29, 1.82) is 0 Å². The number of halogens is 2. The van der Waals surface area contributed by atoms with E-state index in [1.165, 1.54) is 0 Å². The van der Waals surface area contributed by atoms with Crippen LogP contribution in [0.15, 0.2) is 28.2 Å². The second-order valence-corrected chi connectivity index (χ2v) is 8.41. The minimum atomic E-state index is -0.368. The Morgan fingerprint density at radius 2 is 1.84 bits per heavy atom. The predicted molar refractivity (Wildman–Crippen MR) is 128 cm³/mol. The molecular formula is C21H32Cl2N6O3. The molecule has 0 saturated carbocycles. The van der Waals surface area contributed by atoms with E-state index in [0.717, 1.165) is 38.0 Å². The Hall–Kier alpha value is -1.46. The molecule has 0 aliphatic carbocycles. The molecule has 2 heterocycles. The van der Waals surface area contributed by atoms with Gasteiger partial charge in [-0.25, -0.2) is 10.4 Å². The van der Waals surface area contributed by atoms with Crippen LogP contribution in [0, 0.1) is 0 Å². The van der Waals surface area contributed by atoms with Gasteiger partial charge in [0.2, 0.25) is 5.96 Å². The molecule has 1 atom stereocenters. The molecular weight excluding hydrogens is 455 g/mol. The first-order valence-electron chi connectivity index (χ1n) is 10.8. The summed E-state index contributed by atoms with van der Waals surface area (Å²) >= 11 is 12.4. The van der Waals surface area contributed by atoms with E-state index in [2.05, 4.69) is 20.7 Å². The van der Waals surface area contributed by atoms with E-state index in [1.807, 2.05) is 12.1 Å². The molecule has 0 spiro atoms. The number of methoxy groups -OCH3 is 1. The Morgan fingerprint density at radius 1 is 1.12 bits per heavy atom. The van der Waals surface area contributed by atoms with E-state index in [-0.39, 0.29) is 12.1 Å². The van der Waals surface area contributed by atoms with Gasteiger partial charge in [-0.3, -0.25) is 5.43 Å². The number of amidine groups is 1. The topological polar surface area (TPSA) is 106 Å². The zero-order chi connectivity index (χ0) is 22.8. The van der Waals surface area contributed by atoms with Crippen molar-refractivity contribution in [3.05, 3.63) is 33.8 Å². The summed E-state index contributed by atoms with van der Waals surface area (Å²) in [5.41, 5.74) is 13.1. The Morgan fingerprint density at radius 3 is 2.56 bits per heavy atom. The number of nitrogens with zero attached hydrogens (tertiary/aromatic N) is 3. The highest BCUT2D eigenvalue weighted by molar-refractivity contribution is 6.42. The van der Waals surface area contributed by atoms with Gasteiger partial charge < -0.3 is 24.8 Å². The number of likely N-dealkylation sites (tertiary alicyclic amines) is 1. The van der Waals surface area contributed by atoms with Crippen LogP contribution in [0.5, 0.6) is 0 Å². The van der Waals surface area contributed by atoms with E-state index < -0.39 is 0 Å². The first-order valence-corrected chi connectivity index (χ1v) is 11.6. The Bertz CT molecular complexity index is 787. The number of hydrogen-bond acceptors (Lipinski definition) is 7. The quantitative estimate of drug-likeness (QED) is 0.410. The van der Waals surface area contributed by atoms with Crippen LogP contribution in [0.1, 0.15) is 24.4 Å². The van der Waals surface area contributed by atoms with Gasteiger partial charge >= 0.3 is 0 Å². The Balaban J connectivity index is 1.39. The third-order valence-electron chi connectivity index (χ3n) is 5.37. The van der Waals surface area contributed by atoms with Crippen LogP contribution in [0.25, 0.3) is 0 Å². The van der Waals surface area contributed by atoms with E-state index in [4.69, 9.17) is 48.1 Å². The molecule has 1 saturated heterocycles. The molecule has 0 amide bonds. The molecule has 1 fully saturated rings. The predicted octanol–water partition coefficient (Wildman–Crippen LogP) is 2.00. The van der Waals surface area contributed by atoms with Crippen molar-refractivity contribution in [2.75, 3.05) is 59.8 Å². The smallest absolute Gasteiger partial charge is 0.234 e. The fourth-order valence-electron chi connectivity index (χ4n) is 3.57. The lowest BCUT2D eigenvalue weighted by Gasteiger charge is -2.31. The summed E-state index contributed by atoms with van der Waals surface area (Å²) in [4.78, 5) is 11.6. The number of nitrogens with one attached hydrogen (secondary N) is 2. The lowest BCUT2D eigenvalue weighted by atomic mass is 10.1. The van der Waals surface area contributed by atoms with E-state index in [9.17, 15) is 0 Å². The zero-order valence-electron chi connectivity index (χ0n) is 18.4. The van der Waals surface area contributed by atoms with Crippen LogP contribution in [-0.4, -0.2) is 82.5 Å². The molecule has 2 aliphatic rings. The van der Waals surface area contributed by atoms with E-state index in [0.29, 0.717) is 54.9 Å². The number of piperidine rings is 1. The van der Waals surface area contributed by atoms with Crippen LogP contribution in [0.2, 0.25) is 10.0 Å². The molecule has 4 N–H and O–H groups in total. The lowest BCUT2D eigenvalue weighted by molar-refractivity contribution is 0.0181. The van der Waals surface area contributed by atoms with E-state index >= 15 is 0 Å². The minimum Gasteiger partial charge on any atom is -0.385 e. The van der Waals surface area contributed by atoms with Crippen LogP contribution < -0.4 is 16.6 Å². The molecule has 0 radical (unpaired) electrons. The third kappa shape index (κ3) is 7.55. The average Bonchev–Trinajstić information content (AvgIpc) is 2.79. The number of aliphatic imine (C=N–C) groups is 2. The maximum Gasteiger partial charge on any atom is 0.234 e. The number of rotatable bonds is 11. The molecule has 0 bridgehead atoms. The molecule has 2 aliphatic heterocycles. The highest BCUT2D eigenvalue weighted by Crippen LogP contribution is 2.30. The second-order valence-electron chi connectivity index (χ2n) is 7.63. The van der Waals surface area contributed by atoms with Gasteiger partial charge in [-0.05, 0) is 24.5 Å². The van der Waals surface area contributed by atoms with Gasteiger partial charge in [0.05, 0.1) is 49.1 Å². The van der Waals surface area contributed by atoms with Crippen LogP contribution in [0.4, 0.5) is 0 Å². The molecule has 0 aromatic heterocycles. The summed E-state index contributed by atoms with van der Waals surface area (Å²) in [5.74, 6) is 0.889. The van der Waals surface area contributed by atoms with Crippen LogP contribution >= 0.6 is 23.2 Å². The Labute approximate surface area is 199 Å². The number of nitrogens with two attached hydrogens (primary N) is 1. The van der Waals surface area contributed by atoms with Gasteiger partial charge in [0.15, 0.2) is 0 Å². The largest absolute Gasteiger partial charge is 0.385 e. The van der Waals surface area contributed by atoms with Crippen molar-refractivity contribution in [1.82, 2.24) is 15.8 Å². The third-order valence-corrected chi connectivity index (χ3v) is 6.20. The van der Waals surface area contributed by atoms with Gasteiger partial charge in [0.25, 0.3) is 0 Å². The SMILES string of the molecule is COCCOCCOCCN1CCC(N=C2N=C(N)C(c3cccc(Cl)c3Cl)NN2)CC1. The molecule has 178 valence electrons. The number of hydrazine groups is 1. The average molecular weight is 487 g/mol. The first-order chi connectivity index (χ1) is 15.6. The Kier molecular flexibility index (Phi) is 10.5. The molecule has 1 unspecified atom stereocenters. The number of guanidine groups is 1. The van der Waals surface area contributed by atoms with Crippen molar-refractivity contribution >= 4 is 35.0 Å². The van der Waals surface area contributed by atoms with Gasteiger partial charge in [-0.15, -0.1) is 0 Å². The monoisotopic (exact) mass is 486 g/mol. The summed E-state index contributed by atoms with van der Waals surface area (Å²) in [6, 6.07) is 5.27. The maximum atomic E-state index is 6.31. The molecule has 1 aromatic rings. The van der Waals surface area contributed by atoms with Crippen molar-refractivity contribution < 1.29 is 14.2 Å². The summed E-state index contributed by atoms with van der Waals surface area (Å²) in [5, 5.41) is 0.938. The van der Waals surface area contributed by atoms with Crippen LogP contribution in [0.3, 0.4) is 0 Å². The van der Waals surface area contributed by atoms with Crippen molar-refractivity contribution in [2.24, 2.45) is 15.7 Å². The van der Waals surface area contributed by atoms with Gasteiger partial charge in [0.1, 0.15) is 11.9 Å². The highest BCUT2D eigenvalue weighted by atomic mass is 35.5. The minimum absolute atomic E-state index is 0.202. The fraction of sp³-hybridized carbons (Fsp3) is 0.619. The molecule has 3 rings (SSSR count). The van der Waals surface area contributed by atoms with Crippen molar-refractivity contribution in [3.8, 4) is 0 Å². The van der Waals surface area contributed by atoms with Crippen molar-refractivity contribution in [2.45, 2.75) is 24.9 Å². The van der Waals surface area contributed by atoms with Gasteiger partial charge in [-0.2, -0.15) is 4.99 Å². The molecule has 32 heavy (non-hydrogen) atoms. The number of hydrogen-bond donors (Lipinski definition) is 3. The normalized spacial score (nSPS) is 21.5. The highest BCUT2D eigenvalue weighted by Gasteiger charge is 2.25. The fourth-order valence-corrected chi connectivity index (χ4v) is 3.99.